The van der Waals surface area contributed by atoms with Gasteiger partial charge in [0.25, 0.3) is 0 Å². The van der Waals surface area contributed by atoms with E-state index >= 15 is 0 Å². The first kappa shape index (κ1) is 22.6. The van der Waals surface area contributed by atoms with Crippen LogP contribution in [0.1, 0.15) is 48.0 Å². The zero-order valence-electron chi connectivity index (χ0n) is 19.2. The van der Waals surface area contributed by atoms with Gasteiger partial charge in [-0.25, -0.2) is 4.79 Å². The third-order valence-corrected chi connectivity index (χ3v) is 6.75. The van der Waals surface area contributed by atoms with Crippen LogP contribution in [0.5, 0.6) is 0 Å². The molecule has 2 aromatic carbocycles. The normalized spacial score (nSPS) is 16.0. The second kappa shape index (κ2) is 8.90. The molecule has 1 heterocycles. The molecule has 2 aliphatic carbocycles. The van der Waals surface area contributed by atoms with Gasteiger partial charge in [-0.15, -0.1) is 0 Å². The van der Waals surface area contributed by atoms with Crippen molar-refractivity contribution in [2.45, 2.75) is 36.8 Å². The van der Waals surface area contributed by atoms with Gasteiger partial charge in [-0.2, -0.15) is 5.10 Å². The number of aromatic nitrogens is 2. The van der Waals surface area contributed by atoms with Gasteiger partial charge in [0.2, 0.25) is 5.91 Å². The Morgan fingerprint density at radius 1 is 1.09 bits per heavy atom. The molecule has 1 aromatic heterocycles. The Labute approximate surface area is 202 Å². The SMILES string of the molecule is Cn1nccc1C(NC(=O)OCC1c2ccccc2-c2ccccc21)C(=O)NC1(CC(=O)O)CC1. The number of carboxylic acids is 1. The summed E-state index contributed by atoms with van der Waals surface area (Å²) in [6.45, 7) is 0.114. The molecule has 3 N–H and O–H groups in total. The van der Waals surface area contributed by atoms with Crippen molar-refractivity contribution in [2.75, 3.05) is 6.61 Å². The zero-order chi connectivity index (χ0) is 24.6. The highest BCUT2D eigenvalue weighted by Crippen LogP contribution is 2.44. The summed E-state index contributed by atoms with van der Waals surface area (Å²) in [6, 6.07) is 16.6. The van der Waals surface area contributed by atoms with Gasteiger partial charge in [-0.05, 0) is 41.2 Å². The Morgan fingerprint density at radius 2 is 1.71 bits per heavy atom. The van der Waals surface area contributed by atoms with E-state index in [4.69, 9.17) is 4.74 Å². The van der Waals surface area contributed by atoms with Crippen LogP contribution < -0.4 is 10.6 Å². The van der Waals surface area contributed by atoms with E-state index in [9.17, 15) is 19.5 Å². The number of rotatable bonds is 8. The molecule has 3 aromatic rings. The highest BCUT2D eigenvalue weighted by molar-refractivity contribution is 5.88. The number of aliphatic carboxylic acids is 1. The molecule has 1 saturated carbocycles. The number of ether oxygens (including phenoxy) is 1. The highest BCUT2D eigenvalue weighted by Gasteiger charge is 2.47. The number of benzene rings is 2. The van der Waals surface area contributed by atoms with Crippen molar-refractivity contribution in [2.24, 2.45) is 7.05 Å². The van der Waals surface area contributed by atoms with Gasteiger partial charge in [0.05, 0.1) is 17.7 Å². The molecule has 5 rings (SSSR count). The van der Waals surface area contributed by atoms with Gasteiger partial charge in [0, 0.05) is 19.2 Å². The highest BCUT2D eigenvalue weighted by atomic mass is 16.5. The van der Waals surface area contributed by atoms with Gasteiger partial charge < -0.3 is 20.5 Å². The predicted octanol–water partition coefficient (Wildman–Crippen LogP) is 3.12. The fraction of sp³-hybridized carbons (Fsp3) is 0.308. The maximum atomic E-state index is 13.1. The van der Waals surface area contributed by atoms with Crippen LogP contribution in [0.15, 0.2) is 60.8 Å². The lowest BCUT2D eigenvalue weighted by Crippen LogP contribution is -2.47. The van der Waals surface area contributed by atoms with Crippen LogP contribution in [-0.4, -0.2) is 45.0 Å². The van der Waals surface area contributed by atoms with Crippen LogP contribution in [0.2, 0.25) is 0 Å². The maximum Gasteiger partial charge on any atom is 0.408 e. The van der Waals surface area contributed by atoms with Crippen LogP contribution in [-0.2, 0) is 21.4 Å². The van der Waals surface area contributed by atoms with Crippen molar-refractivity contribution in [3.05, 3.63) is 77.6 Å². The first-order valence-corrected chi connectivity index (χ1v) is 11.5. The minimum atomic E-state index is -1.08. The number of hydrogen-bond donors (Lipinski definition) is 3. The first-order valence-electron chi connectivity index (χ1n) is 11.5. The number of nitrogens with one attached hydrogen (secondary N) is 2. The van der Waals surface area contributed by atoms with E-state index in [1.54, 1.807) is 13.1 Å². The number of carbonyl (C=O) groups is 3. The number of fused-ring (bicyclic) bond motifs is 3. The number of aryl methyl sites for hydroxylation is 1. The first-order chi connectivity index (χ1) is 16.9. The topological polar surface area (TPSA) is 123 Å². The molecule has 180 valence electrons. The molecule has 0 saturated heterocycles. The van der Waals surface area contributed by atoms with Gasteiger partial charge in [-0.3, -0.25) is 14.3 Å². The van der Waals surface area contributed by atoms with Crippen molar-refractivity contribution >= 4 is 18.0 Å². The molecule has 9 heteroatoms. The van der Waals surface area contributed by atoms with E-state index in [0.29, 0.717) is 18.5 Å². The summed E-state index contributed by atoms with van der Waals surface area (Å²) in [5, 5.41) is 18.7. The molecule has 2 amide bonds. The fourth-order valence-electron chi connectivity index (χ4n) is 4.82. The van der Waals surface area contributed by atoms with E-state index in [1.807, 2.05) is 36.4 Å². The average molecular weight is 475 g/mol. The summed E-state index contributed by atoms with van der Waals surface area (Å²) < 4.78 is 7.11. The fourth-order valence-corrected chi connectivity index (χ4v) is 4.82. The minimum Gasteiger partial charge on any atom is -0.481 e. The Hall–Kier alpha value is -4.14. The third-order valence-electron chi connectivity index (χ3n) is 6.75. The molecule has 1 unspecified atom stereocenters. The molecule has 35 heavy (non-hydrogen) atoms. The molecule has 2 aliphatic rings. The Morgan fingerprint density at radius 3 is 2.26 bits per heavy atom. The predicted molar refractivity (Wildman–Crippen MR) is 127 cm³/mol. The second-order valence-corrected chi connectivity index (χ2v) is 9.12. The Kier molecular flexibility index (Phi) is 5.76. The summed E-state index contributed by atoms with van der Waals surface area (Å²) in [5.41, 5.74) is 4.11. The van der Waals surface area contributed by atoms with E-state index < -0.39 is 29.6 Å². The summed E-state index contributed by atoms with van der Waals surface area (Å²) in [5.74, 6) is -1.59. The average Bonchev–Trinajstić information content (AvgIpc) is 3.30. The molecule has 0 aliphatic heterocycles. The van der Waals surface area contributed by atoms with E-state index in [2.05, 4.69) is 27.9 Å². The van der Waals surface area contributed by atoms with Crippen molar-refractivity contribution in [1.82, 2.24) is 20.4 Å². The molecule has 1 atom stereocenters. The largest absolute Gasteiger partial charge is 0.481 e. The van der Waals surface area contributed by atoms with Gasteiger partial charge in [-0.1, -0.05) is 48.5 Å². The lowest BCUT2D eigenvalue weighted by molar-refractivity contribution is -0.138. The standard InChI is InChI=1S/C26H26N4O5/c1-30-21(10-13-27-30)23(24(33)29-26(11-12-26)14-22(31)32)28-25(34)35-15-20-18-8-4-2-6-16(18)17-7-3-5-9-19(17)20/h2-10,13,20,23H,11-12,14-15H2,1H3,(H,28,34)(H,29,33)(H,31,32). The van der Waals surface area contributed by atoms with E-state index in [0.717, 1.165) is 22.3 Å². The van der Waals surface area contributed by atoms with Crippen LogP contribution in [0.25, 0.3) is 11.1 Å². The number of nitrogens with zero attached hydrogens (tertiary/aromatic N) is 2. The molecule has 0 bridgehead atoms. The lowest BCUT2D eigenvalue weighted by atomic mass is 9.98. The summed E-state index contributed by atoms with van der Waals surface area (Å²) in [4.78, 5) is 37.2. The molecule has 0 spiro atoms. The number of amides is 2. The van der Waals surface area contributed by atoms with Crippen molar-refractivity contribution < 1.29 is 24.2 Å². The van der Waals surface area contributed by atoms with Crippen LogP contribution in [0.3, 0.4) is 0 Å². The van der Waals surface area contributed by atoms with Crippen LogP contribution >= 0.6 is 0 Å². The Bertz CT molecular complexity index is 1250. The minimum absolute atomic E-state index is 0.109. The van der Waals surface area contributed by atoms with Crippen molar-refractivity contribution in [1.29, 1.82) is 0 Å². The van der Waals surface area contributed by atoms with Crippen LogP contribution in [0, 0.1) is 0 Å². The monoisotopic (exact) mass is 474 g/mol. The second-order valence-electron chi connectivity index (χ2n) is 9.12. The zero-order valence-corrected chi connectivity index (χ0v) is 19.2. The molecule has 0 radical (unpaired) electrons. The number of carbonyl (C=O) groups excluding carboxylic acids is 2. The van der Waals surface area contributed by atoms with E-state index in [1.165, 1.54) is 10.9 Å². The number of carboxylic acid groups (broad SMARTS) is 1. The third kappa shape index (κ3) is 4.49. The smallest absolute Gasteiger partial charge is 0.408 e. The lowest BCUT2D eigenvalue weighted by Gasteiger charge is -2.23. The molecular formula is C26H26N4O5. The molecular weight excluding hydrogens is 448 g/mol. The van der Waals surface area contributed by atoms with Gasteiger partial charge >= 0.3 is 12.1 Å². The maximum absolute atomic E-state index is 13.1. The van der Waals surface area contributed by atoms with Crippen molar-refractivity contribution in [3.8, 4) is 11.1 Å². The summed E-state index contributed by atoms with van der Waals surface area (Å²) >= 11 is 0. The van der Waals surface area contributed by atoms with Crippen LogP contribution in [0.4, 0.5) is 4.79 Å². The van der Waals surface area contributed by atoms with E-state index in [-0.39, 0.29) is 18.9 Å². The quantitative estimate of drug-likeness (QED) is 0.461. The van der Waals surface area contributed by atoms with Gasteiger partial charge in [0.15, 0.2) is 6.04 Å². The Balaban J connectivity index is 1.30. The number of hydrogen-bond acceptors (Lipinski definition) is 5. The number of alkyl carbamates (subject to hydrolysis) is 1. The van der Waals surface area contributed by atoms with Gasteiger partial charge in [0.1, 0.15) is 6.61 Å². The summed E-state index contributed by atoms with van der Waals surface area (Å²) in [7, 11) is 1.67. The summed E-state index contributed by atoms with van der Waals surface area (Å²) in [6.07, 6.45) is 1.78. The van der Waals surface area contributed by atoms with Crippen molar-refractivity contribution in [3.63, 3.8) is 0 Å². The molecule has 9 nitrogen and oxygen atoms in total. The molecule has 1 fully saturated rings.